The van der Waals surface area contributed by atoms with Gasteiger partial charge in [-0.1, -0.05) is 0 Å². The van der Waals surface area contributed by atoms with Gasteiger partial charge in [-0.2, -0.15) is 0 Å². The van der Waals surface area contributed by atoms with Gasteiger partial charge >= 0.3 is 0 Å². The Morgan fingerprint density at radius 3 is 2.29 bits per heavy atom. The molecule has 0 spiro atoms. The van der Waals surface area contributed by atoms with Gasteiger partial charge in [0.15, 0.2) is 11.7 Å². The molecule has 0 aliphatic rings. The molecule has 0 saturated heterocycles. The molecule has 0 aromatic heterocycles. The summed E-state index contributed by atoms with van der Waals surface area (Å²) in [5, 5.41) is 5.44. The van der Waals surface area contributed by atoms with Crippen LogP contribution in [0.25, 0.3) is 0 Å². The highest BCUT2D eigenvalue weighted by molar-refractivity contribution is 7.80. The highest BCUT2D eigenvalue weighted by Crippen LogP contribution is 1.79. The number of carbonyl (C=O) groups excluding carboxylic acids is 2. The standard InChI is InChI=1S/C8H14N2O3S/c1-6(11)9-3-4-10-8(12)5-13-7(2)14/h3-5H2,1-2H3,(H,9,11)(H,10,12). The van der Waals surface area contributed by atoms with Crippen molar-refractivity contribution in [2.45, 2.75) is 13.8 Å². The van der Waals surface area contributed by atoms with Gasteiger partial charge in [-0.15, -0.1) is 0 Å². The minimum Gasteiger partial charge on any atom is -0.478 e. The molecule has 14 heavy (non-hydrogen) atoms. The van der Waals surface area contributed by atoms with Crippen molar-refractivity contribution in [1.29, 1.82) is 0 Å². The predicted octanol–water partition coefficient (Wildman–Crippen LogP) is -0.397. The summed E-state index contributed by atoms with van der Waals surface area (Å²) in [6.07, 6.45) is 0. The normalized spacial score (nSPS) is 9.00. The molecule has 0 radical (unpaired) electrons. The van der Waals surface area contributed by atoms with Crippen LogP contribution in [-0.4, -0.2) is 36.6 Å². The van der Waals surface area contributed by atoms with Gasteiger partial charge in [-0.05, 0) is 12.2 Å². The SMILES string of the molecule is CC(=O)NCCNC(=O)COC(C)=S. The van der Waals surface area contributed by atoms with Crippen molar-refractivity contribution in [2.24, 2.45) is 0 Å². The first-order chi connectivity index (χ1) is 6.52. The summed E-state index contributed by atoms with van der Waals surface area (Å²) < 4.78 is 4.81. The summed E-state index contributed by atoms with van der Waals surface area (Å²) in [7, 11) is 0. The summed E-state index contributed by atoms with van der Waals surface area (Å²) in [5.41, 5.74) is 0. The molecule has 5 nitrogen and oxygen atoms in total. The lowest BCUT2D eigenvalue weighted by atomic mass is 10.5. The van der Waals surface area contributed by atoms with E-state index in [1.165, 1.54) is 6.92 Å². The van der Waals surface area contributed by atoms with Crippen molar-refractivity contribution in [3.8, 4) is 0 Å². The largest absolute Gasteiger partial charge is 0.478 e. The van der Waals surface area contributed by atoms with Crippen LogP contribution in [0.1, 0.15) is 13.8 Å². The van der Waals surface area contributed by atoms with Gasteiger partial charge in [0.25, 0.3) is 5.91 Å². The molecule has 0 unspecified atom stereocenters. The third-order valence-electron chi connectivity index (χ3n) is 1.23. The van der Waals surface area contributed by atoms with Crippen LogP contribution in [0.2, 0.25) is 0 Å². The number of nitrogens with one attached hydrogen (secondary N) is 2. The van der Waals surface area contributed by atoms with E-state index in [0.29, 0.717) is 18.1 Å². The summed E-state index contributed by atoms with van der Waals surface area (Å²) >= 11 is 4.62. The van der Waals surface area contributed by atoms with Gasteiger partial charge < -0.3 is 15.4 Å². The fraction of sp³-hybridized carbons (Fsp3) is 0.625. The van der Waals surface area contributed by atoms with Crippen LogP contribution in [0.3, 0.4) is 0 Å². The number of carbonyl (C=O) groups is 2. The molecule has 0 atom stereocenters. The molecule has 6 heteroatoms. The molecule has 0 bridgehead atoms. The second kappa shape index (κ2) is 7.25. The first-order valence-corrected chi connectivity index (χ1v) is 4.57. The van der Waals surface area contributed by atoms with Gasteiger partial charge in [-0.3, -0.25) is 9.59 Å². The second-order valence-corrected chi connectivity index (χ2v) is 3.19. The zero-order valence-electron chi connectivity index (χ0n) is 8.25. The maximum absolute atomic E-state index is 11.0. The number of rotatable bonds is 5. The molecular weight excluding hydrogens is 204 g/mol. The lowest BCUT2D eigenvalue weighted by Crippen LogP contribution is -2.35. The van der Waals surface area contributed by atoms with Crippen LogP contribution >= 0.6 is 12.2 Å². The smallest absolute Gasteiger partial charge is 0.258 e. The molecule has 80 valence electrons. The van der Waals surface area contributed by atoms with Crippen LogP contribution in [-0.2, 0) is 14.3 Å². The molecule has 0 aliphatic carbocycles. The van der Waals surface area contributed by atoms with E-state index in [2.05, 4.69) is 22.9 Å². The number of thiocarbonyl (C=S) groups is 1. The molecule has 0 aromatic carbocycles. The average molecular weight is 218 g/mol. The van der Waals surface area contributed by atoms with Gasteiger partial charge in [0.1, 0.15) is 0 Å². The summed E-state index contributed by atoms with van der Waals surface area (Å²) in [5.74, 6) is -0.371. The summed E-state index contributed by atoms with van der Waals surface area (Å²) in [6.45, 7) is 3.74. The van der Waals surface area contributed by atoms with Crippen molar-refractivity contribution in [2.75, 3.05) is 19.7 Å². The van der Waals surface area contributed by atoms with Crippen LogP contribution in [0.5, 0.6) is 0 Å². The Kier molecular flexibility index (Phi) is 6.65. The van der Waals surface area contributed by atoms with Gasteiger partial charge in [0.05, 0.1) is 0 Å². The Morgan fingerprint density at radius 2 is 1.79 bits per heavy atom. The average Bonchev–Trinajstić information content (AvgIpc) is 2.08. The second-order valence-electron chi connectivity index (χ2n) is 2.61. The van der Waals surface area contributed by atoms with E-state index in [4.69, 9.17) is 4.74 Å². The first-order valence-electron chi connectivity index (χ1n) is 4.17. The van der Waals surface area contributed by atoms with E-state index in [1.54, 1.807) is 6.92 Å². The Hall–Kier alpha value is -1.17. The van der Waals surface area contributed by atoms with Gasteiger partial charge in [-0.25, -0.2) is 0 Å². The minimum atomic E-state index is -0.250. The fourth-order valence-electron chi connectivity index (χ4n) is 0.659. The molecule has 2 N–H and O–H groups in total. The zero-order valence-corrected chi connectivity index (χ0v) is 9.07. The molecule has 0 aliphatic heterocycles. The first kappa shape index (κ1) is 12.8. The molecule has 2 amide bonds. The molecule has 0 saturated carbocycles. The Labute approximate surface area is 88.2 Å². The lowest BCUT2D eigenvalue weighted by Gasteiger charge is -2.06. The molecular formula is C8H14N2O3S. The van der Waals surface area contributed by atoms with Gasteiger partial charge in [0, 0.05) is 26.9 Å². The van der Waals surface area contributed by atoms with Crippen molar-refractivity contribution in [3.63, 3.8) is 0 Å². The van der Waals surface area contributed by atoms with Crippen LogP contribution in [0, 0.1) is 0 Å². The highest BCUT2D eigenvalue weighted by atomic mass is 32.1. The van der Waals surface area contributed by atoms with Crippen LogP contribution < -0.4 is 10.6 Å². The fourth-order valence-corrected chi connectivity index (χ4v) is 0.718. The Balaban J connectivity index is 3.36. The topological polar surface area (TPSA) is 67.4 Å². The monoisotopic (exact) mass is 218 g/mol. The Bertz CT molecular complexity index is 231. The Morgan fingerprint density at radius 1 is 1.21 bits per heavy atom. The number of hydrogen-bond donors (Lipinski definition) is 2. The van der Waals surface area contributed by atoms with E-state index in [1.807, 2.05) is 0 Å². The summed E-state index contributed by atoms with van der Waals surface area (Å²) in [6, 6.07) is 0. The molecule has 0 aromatic rings. The number of hydrogen-bond acceptors (Lipinski definition) is 4. The van der Waals surface area contributed by atoms with E-state index in [0.717, 1.165) is 0 Å². The van der Waals surface area contributed by atoms with Crippen molar-refractivity contribution < 1.29 is 14.3 Å². The van der Waals surface area contributed by atoms with Crippen LogP contribution in [0.15, 0.2) is 0 Å². The van der Waals surface area contributed by atoms with E-state index >= 15 is 0 Å². The highest BCUT2D eigenvalue weighted by Gasteiger charge is 2.00. The van der Waals surface area contributed by atoms with E-state index < -0.39 is 0 Å². The quantitative estimate of drug-likeness (QED) is 0.487. The molecule has 0 heterocycles. The van der Waals surface area contributed by atoms with E-state index in [-0.39, 0.29) is 18.4 Å². The van der Waals surface area contributed by atoms with Crippen molar-refractivity contribution in [3.05, 3.63) is 0 Å². The molecule has 0 rings (SSSR count). The van der Waals surface area contributed by atoms with Crippen LogP contribution in [0.4, 0.5) is 0 Å². The third-order valence-corrected chi connectivity index (χ3v) is 1.35. The third kappa shape index (κ3) is 8.92. The van der Waals surface area contributed by atoms with Gasteiger partial charge in [0.2, 0.25) is 5.91 Å². The maximum Gasteiger partial charge on any atom is 0.258 e. The molecule has 0 fully saturated rings. The number of ether oxygens (including phenoxy) is 1. The minimum absolute atomic E-state index is 0.0740. The van der Waals surface area contributed by atoms with E-state index in [9.17, 15) is 9.59 Å². The predicted molar refractivity (Wildman–Crippen MR) is 55.9 cm³/mol. The van der Waals surface area contributed by atoms with Crippen molar-refractivity contribution >= 4 is 29.1 Å². The maximum atomic E-state index is 11.0. The van der Waals surface area contributed by atoms with Crippen molar-refractivity contribution in [1.82, 2.24) is 10.6 Å². The zero-order chi connectivity index (χ0) is 11.0. The summed E-state index contributed by atoms with van der Waals surface area (Å²) in [4.78, 5) is 21.4. The number of amides is 2. The lowest BCUT2D eigenvalue weighted by molar-refractivity contribution is -0.123.